The maximum Gasteiger partial charge on any atom is 0.326 e. The highest BCUT2D eigenvalue weighted by Crippen LogP contribution is 2.28. The summed E-state index contributed by atoms with van der Waals surface area (Å²) >= 11 is 0. The number of benzene rings is 2. The number of nitrogen functional groups attached to an aromatic ring is 1. The number of pyridine rings is 2. The number of nitrogens with one attached hydrogen (secondary N) is 1. The van der Waals surface area contributed by atoms with Crippen LogP contribution in [0.5, 0.6) is 0 Å². The standard InChI is InChI=1S/C28H25N5O4/c29-32-27(35)21-15-24(31-23-11-12-30-16-22(21)23)20-9-7-19(8-10-20)18-5-3-17(4-6-18)14-26(34)33-13-1-2-25(33)28(36)37/h3-12,15-16,25H,1-2,13-14,29H2,(H,32,35)(H,36,37)/t25-/m1/s1. The van der Waals surface area contributed by atoms with Gasteiger partial charge in [0.1, 0.15) is 6.04 Å². The zero-order chi connectivity index (χ0) is 25.9. The van der Waals surface area contributed by atoms with Crippen LogP contribution in [-0.2, 0) is 16.0 Å². The Hall–Kier alpha value is -4.63. The third kappa shape index (κ3) is 4.89. The van der Waals surface area contributed by atoms with Crippen LogP contribution >= 0.6 is 0 Å². The minimum atomic E-state index is -0.945. The van der Waals surface area contributed by atoms with Crippen molar-refractivity contribution in [2.75, 3.05) is 6.54 Å². The molecule has 2 aromatic heterocycles. The normalized spacial score (nSPS) is 15.1. The second-order valence-electron chi connectivity index (χ2n) is 8.96. The first kappa shape index (κ1) is 24.1. The second-order valence-corrected chi connectivity index (χ2v) is 8.96. The van der Waals surface area contributed by atoms with Crippen molar-refractivity contribution in [1.29, 1.82) is 0 Å². The Morgan fingerprint density at radius 1 is 1.00 bits per heavy atom. The van der Waals surface area contributed by atoms with Gasteiger partial charge in [-0.2, -0.15) is 0 Å². The highest BCUT2D eigenvalue weighted by Gasteiger charge is 2.33. The third-order valence-corrected chi connectivity index (χ3v) is 6.67. The maximum absolute atomic E-state index is 12.6. The molecule has 0 saturated carbocycles. The lowest BCUT2D eigenvalue weighted by atomic mass is 9.99. The van der Waals surface area contributed by atoms with Crippen LogP contribution in [0.15, 0.2) is 73.1 Å². The molecule has 3 heterocycles. The first-order valence-electron chi connectivity index (χ1n) is 11.9. The molecule has 9 nitrogen and oxygen atoms in total. The fourth-order valence-corrected chi connectivity index (χ4v) is 4.73. The molecule has 0 bridgehead atoms. The van der Waals surface area contributed by atoms with Crippen molar-refractivity contribution in [2.24, 2.45) is 5.84 Å². The van der Waals surface area contributed by atoms with Crippen molar-refractivity contribution in [1.82, 2.24) is 20.3 Å². The van der Waals surface area contributed by atoms with E-state index in [0.29, 0.717) is 41.5 Å². The summed E-state index contributed by atoms with van der Waals surface area (Å²) in [5.41, 5.74) is 7.50. The number of hydrogen-bond acceptors (Lipinski definition) is 6. The predicted octanol–water partition coefficient (Wildman–Crippen LogP) is 3.19. The Labute approximate surface area is 212 Å². The summed E-state index contributed by atoms with van der Waals surface area (Å²) < 4.78 is 0. The SMILES string of the molecule is NNC(=O)c1cc(-c2ccc(-c3ccc(CC(=O)N4CCC[C@@H]4C(=O)O)cc3)cc2)nc2ccncc12. The van der Waals surface area contributed by atoms with Gasteiger partial charge in [-0.3, -0.25) is 20.0 Å². The van der Waals surface area contributed by atoms with Crippen LogP contribution in [0.2, 0.25) is 0 Å². The van der Waals surface area contributed by atoms with E-state index in [4.69, 9.17) is 5.84 Å². The molecule has 5 rings (SSSR count). The lowest BCUT2D eigenvalue weighted by Crippen LogP contribution is -2.41. The van der Waals surface area contributed by atoms with E-state index in [1.54, 1.807) is 24.5 Å². The molecule has 1 aliphatic heterocycles. The van der Waals surface area contributed by atoms with Gasteiger partial charge in [0.25, 0.3) is 5.91 Å². The molecular weight excluding hydrogens is 470 g/mol. The zero-order valence-corrected chi connectivity index (χ0v) is 19.9. The number of fused-ring (bicyclic) bond motifs is 1. The number of amides is 2. The molecule has 0 aliphatic carbocycles. The Bertz CT molecular complexity index is 1490. The number of aliphatic carboxylic acids is 1. The van der Waals surface area contributed by atoms with Gasteiger partial charge in [0.15, 0.2) is 0 Å². The van der Waals surface area contributed by atoms with Crippen LogP contribution in [0, 0.1) is 0 Å². The fourth-order valence-electron chi connectivity index (χ4n) is 4.73. The van der Waals surface area contributed by atoms with Gasteiger partial charge in [-0.05, 0) is 41.7 Å². The van der Waals surface area contributed by atoms with Crippen LogP contribution in [0.1, 0.15) is 28.8 Å². The van der Waals surface area contributed by atoms with Gasteiger partial charge in [-0.1, -0.05) is 48.5 Å². The number of rotatable bonds is 6. The van der Waals surface area contributed by atoms with E-state index in [0.717, 1.165) is 22.3 Å². The Balaban J connectivity index is 1.34. The van der Waals surface area contributed by atoms with E-state index in [-0.39, 0.29) is 12.3 Å². The first-order valence-corrected chi connectivity index (χ1v) is 11.9. The van der Waals surface area contributed by atoms with Gasteiger partial charge in [0.2, 0.25) is 5.91 Å². The molecule has 2 amide bonds. The molecule has 0 spiro atoms. The Kier molecular flexibility index (Phi) is 6.61. The largest absolute Gasteiger partial charge is 0.480 e. The molecule has 1 atom stereocenters. The van der Waals surface area contributed by atoms with Gasteiger partial charge < -0.3 is 10.0 Å². The number of nitrogens with two attached hydrogens (primary N) is 1. The van der Waals surface area contributed by atoms with Crippen molar-refractivity contribution in [2.45, 2.75) is 25.3 Å². The number of aromatic nitrogens is 2. The quantitative estimate of drug-likeness (QED) is 0.212. The van der Waals surface area contributed by atoms with E-state index < -0.39 is 17.9 Å². The molecule has 1 saturated heterocycles. The van der Waals surface area contributed by atoms with Crippen molar-refractivity contribution < 1.29 is 19.5 Å². The monoisotopic (exact) mass is 495 g/mol. The van der Waals surface area contributed by atoms with Crippen LogP contribution in [0.4, 0.5) is 0 Å². The first-order chi connectivity index (χ1) is 17.9. The summed E-state index contributed by atoms with van der Waals surface area (Å²) in [6.45, 7) is 0.488. The van der Waals surface area contributed by atoms with E-state index >= 15 is 0 Å². The predicted molar refractivity (Wildman–Crippen MR) is 138 cm³/mol. The summed E-state index contributed by atoms with van der Waals surface area (Å²) in [4.78, 5) is 46.6. The summed E-state index contributed by atoms with van der Waals surface area (Å²) in [5, 5.41) is 9.94. The molecule has 37 heavy (non-hydrogen) atoms. The molecule has 2 aromatic carbocycles. The molecule has 4 N–H and O–H groups in total. The topological polar surface area (TPSA) is 139 Å². The molecule has 1 aliphatic rings. The lowest BCUT2D eigenvalue weighted by Gasteiger charge is -2.21. The number of carbonyl (C=O) groups excluding carboxylic acids is 2. The summed E-state index contributed by atoms with van der Waals surface area (Å²) in [5.74, 6) is 3.84. The van der Waals surface area contributed by atoms with Gasteiger partial charge in [0, 0.05) is 29.9 Å². The average Bonchev–Trinajstić information content (AvgIpc) is 3.43. The third-order valence-electron chi connectivity index (χ3n) is 6.67. The van der Waals surface area contributed by atoms with E-state index in [1.165, 1.54) is 4.90 Å². The highest BCUT2D eigenvalue weighted by atomic mass is 16.4. The number of likely N-dealkylation sites (tertiary alicyclic amines) is 1. The zero-order valence-electron chi connectivity index (χ0n) is 19.9. The Morgan fingerprint density at radius 3 is 2.35 bits per heavy atom. The molecule has 4 aromatic rings. The smallest absolute Gasteiger partial charge is 0.326 e. The van der Waals surface area contributed by atoms with E-state index in [1.807, 2.05) is 48.5 Å². The van der Waals surface area contributed by atoms with Crippen molar-refractivity contribution in [3.63, 3.8) is 0 Å². The number of nitrogens with zero attached hydrogens (tertiary/aromatic N) is 3. The summed E-state index contributed by atoms with van der Waals surface area (Å²) in [7, 11) is 0. The van der Waals surface area contributed by atoms with Crippen LogP contribution in [0.25, 0.3) is 33.3 Å². The fraction of sp³-hybridized carbons (Fsp3) is 0.179. The number of carbonyl (C=O) groups is 3. The molecule has 1 fully saturated rings. The van der Waals surface area contributed by atoms with Crippen molar-refractivity contribution in [3.8, 4) is 22.4 Å². The average molecular weight is 496 g/mol. The molecule has 186 valence electrons. The summed E-state index contributed by atoms with van der Waals surface area (Å²) in [6, 6.07) is 18.2. The molecular formula is C28H25N5O4. The molecule has 0 radical (unpaired) electrons. The Morgan fingerprint density at radius 2 is 1.68 bits per heavy atom. The van der Waals surface area contributed by atoms with Crippen LogP contribution in [-0.4, -0.2) is 50.3 Å². The minimum Gasteiger partial charge on any atom is -0.480 e. The maximum atomic E-state index is 12.6. The number of carboxylic acids is 1. The van der Waals surface area contributed by atoms with Gasteiger partial charge in [-0.15, -0.1) is 0 Å². The number of carboxylic acid groups (broad SMARTS) is 1. The minimum absolute atomic E-state index is 0.164. The van der Waals surface area contributed by atoms with Gasteiger partial charge in [0.05, 0.1) is 23.2 Å². The number of hydrogen-bond donors (Lipinski definition) is 3. The second kappa shape index (κ2) is 10.2. The van der Waals surface area contributed by atoms with Crippen LogP contribution in [0.3, 0.4) is 0 Å². The molecule has 9 heteroatoms. The lowest BCUT2D eigenvalue weighted by molar-refractivity contribution is -0.148. The van der Waals surface area contributed by atoms with Crippen LogP contribution < -0.4 is 11.3 Å². The van der Waals surface area contributed by atoms with E-state index in [9.17, 15) is 19.5 Å². The summed E-state index contributed by atoms with van der Waals surface area (Å²) in [6.07, 6.45) is 4.60. The van der Waals surface area contributed by atoms with Crippen molar-refractivity contribution >= 4 is 28.7 Å². The van der Waals surface area contributed by atoms with Crippen molar-refractivity contribution in [3.05, 3.63) is 84.2 Å². The molecule has 0 unspecified atom stereocenters. The highest BCUT2D eigenvalue weighted by molar-refractivity contribution is 6.06. The van der Waals surface area contributed by atoms with E-state index in [2.05, 4.69) is 15.4 Å². The number of hydrazine groups is 1. The van der Waals surface area contributed by atoms with Gasteiger partial charge >= 0.3 is 5.97 Å². The van der Waals surface area contributed by atoms with Gasteiger partial charge in [-0.25, -0.2) is 15.6 Å².